The van der Waals surface area contributed by atoms with E-state index in [2.05, 4.69) is 226 Å². The number of rotatable bonds is 12. The minimum atomic E-state index is -0.647. The van der Waals surface area contributed by atoms with Crippen molar-refractivity contribution in [2.75, 3.05) is 0 Å². The molecule has 2 aromatic heterocycles. The molecule has 8 aromatic carbocycles. The Balaban J connectivity index is 0.00000720. The fourth-order valence-electron chi connectivity index (χ4n) is 11.1. The topological polar surface area (TPSA) is 33.1 Å². The van der Waals surface area contributed by atoms with E-state index in [1.165, 1.54) is 39.9 Å². The minimum absolute atomic E-state index is 0. The Bertz CT molecular complexity index is 4060. The van der Waals surface area contributed by atoms with Crippen molar-refractivity contribution >= 4 is 50.6 Å². The molecule has 1 aliphatic heterocycles. The van der Waals surface area contributed by atoms with Crippen LogP contribution in [-0.2, 0) is 44.7 Å². The van der Waals surface area contributed by atoms with E-state index in [1.54, 1.807) is 0 Å². The predicted octanol–water partition coefficient (Wildman–Crippen LogP) is 19.7. The first-order valence-corrected chi connectivity index (χ1v) is 27.8. The predicted molar refractivity (Wildman–Crippen MR) is 324 cm³/mol. The van der Waals surface area contributed by atoms with Crippen LogP contribution in [-0.4, -0.2) is 15.6 Å². The summed E-state index contributed by atoms with van der Waals surface area (Å²) in [7, 11) is 0. The molecule has 80 heavy (non-hydrogen) atoms. The van der Waals surface area contributed by atoms with E-state index in [0.29, 0.717) is 28.3 Å². The van der Waals surface area contributed by atoms with Crippen LogP contribution >= 0.6 is 0 Å². The zero-order chi connectivity index (χ0) is 55.7. The van der Waals surface area contributed by atoms with Crippen molar-refractivity contribution < 1.29 is 34.6 Å². The Kier molecular flexibility index (Phi) is 15.2. The van der Waals surface area contributed by atoms with E-state index in [0.717, 1.165) is 91.4 Å². The molecule has 404 valence electrons. The number of aryl methyl sites for hydroxylation is 2. The smallest absolute Gasteiger partial charge is 0.509 e. The third-order valence-electron chi connectivity index (χ3n) is 15.5. The number of hydrogen-bond acceptors (Lipinski definition) is 2. The van der Waals surface area contributed by atoms with Gasteiger partial charge in [-0.3, -0.25) is 0 Å². The zero-order valence-corrected chi connectivity index (χ0v) is 50.1. The summed E-state index contributed by atoms with van der Waals surface area (Å²) in [5.74, 6) is 1.05. The van der Waals surface area contributed by atoms with Crippen LogP contribution in [0.3, 0.4) is 0 Å². The van der Waals surface area contributed by atoms with Crippen LogP contribution in [0.4, 0.5) is 31.5 Å². The van der Waals surface area contributed by atoms with E-state index in [-0.39, 0.29) is 43.7 Å². The van der Waals surface area contributed by atoms with Gasteiger partial charge in [0.15, 0.2) is 0 Å². The molecule has 1 aliphatic rings. The van der Waals surface area contributed by atoms with Crippen molar-refractivity contribution in [2.24, 2.45) is 0 Å². The van der Waals surface area contributed by atoms with Crippen LogP contribution in [0.5, 0.6) is 11.5 Å². The first-order chi connectivity index (χ1) is 37.8. The number of ether oxygens (including phenoxy) is 1. The first kappa shape index (κ1) is 55.7. The van der Waals surface area contributed by atoms with Crippen LogP contribution in [0.25, 0.3) is 61.0 Å². The van der Waals surface area contributed by atoms with E-state index in [9.17, 15) is 0 Å². The number of hydrogen-bond donors (Lipinski definition) is 0. The van der Waals surface area contributed by atoms with Crippen molar-refractivity contribution in [1.82, 2.24) is 18.7 Å². The molecule has 0 saturated heterocycles. The molecule has 5 nitrogen and oxygen atoms in total. The molecule has 0 aliphatic carbocycles. The average molecular weight is 1240 g/mol. The number of halogens is 2. The number of pyridine rings is 1. The summed E-state index contributed by atoms with van der Waals surface area (Å²) in [6.07, 6.45) is 3.55. The van der Waals surface area contributed by atoms with Gasteiger partial charge >= 0.3 is 27.1 Å². The normalized spacial score (nSPS) is 12.6. The summed E-state index contributed by atoms with van der Waals surface area (Å²) in [6.45, 7) is 26.5. The molecule has 8 heteroatoms. The second kappa shape index (κ2) is 21.8. The molecule has 11 rings (SSSR count). The monoisotopic (exact) mass is 1240 g/mol. The standard InChI is InChI=1S/C72H68F2N4O.Pt/c1-13-46-20-19-21-47(14-2)69(46)52-35-57(41-59(36-52)79-58-26-27-61-60-22-15-16-23-64(60)78(67(61)42-58)68-39-53(28-29-75-68)71(7,8)9)76-43-77(66-25-18-17-24-65(66)76)70-62(50-31-48(44(3)4)30-49(32-50)45(5)6)37-54(72(10,11)12)38-63(70)51-33-55(73)40-56(74)34-51;/h15-40,44-45H,13-14H2,1-12H3;/q;+2. The molecule has 10 aromatic rings. The average Bonchev–Trinajstić information content (AvgIpc) is 4.13. The van der Waals surface area contributed by atoms with E-state index >= 15 is 8.78 Å². The Labute approximate surface area is 485 Å². The van der Waals surface area contributed by atoms with Gasteiger partial charge in [0.05, 0.1) is 11.1 Å². The van der Waals surface area contributed by atoms with Gasteiger partial charge < -0.3 is 9.30 Å². The Hall–Kier alpha value is -7.56. The Morgan fingerprint density at radius 1 is 0.575 bits per heavy atom. The van der Waals surface area contributed by atoms with Gasteiger partial charge in [-0.1, -0.05) is 172 Å². The van der Waals surface area contributed by atoms with Gasteiger partial charge in [0, 0.05) is 41.4 Å². The number of benzene rings is 8. The second-order valence-electron chi connectivity index (χ2n) is 23.8. The summed E-state index contributed by atoms with van der Waals surface area (Å²) in [5, 5.41) is 2.14. The maximum absolute atomic E-state index is 15.6. The van der Waals surface area contributed by atoms with Crippen LogP contribution < -0.4 is 13.9 Å². The van der Waals surface area contributed by atoms with Crippen LogP contribution in [0.2, 0.25) is 0 Å². The van der Waals surface area contributed by atoms with Gasteiger partial charge in [-0.05, 0) is 138 Å². The molecule has 0 amide bonds. The summed E-state index contributed by atoms with van der Waals surface area (Å²) < 4.78 is 44.7. The fraction of sp³-hybridized carbons (Fsp3) is 0.250. The van der Waals surface area contributed by atoms with Crippen molar-refractivity contribution in [3.63, 3.8) is 0 Å². The van der Waals surface area contributed by atoms with Crippen LogP contribution in [0.1, 0.15) is 128 Å². The summed E-state index contributed by atoms with van der Waals surface area (Å²) in [4.78, 5) is 4.92. The number of nitrogens with zero attached hydrogens (tertiary/aromatic N) is 4. The maximum Gasteiger partial charge on any atom is 2.00 e. The Morgan fingerprint density at radius 2 is 1.18 bits per heavy atom. The zero-order valence-electron chi connectivity index (χ0n) is 47.8. The van der Waals surface area contributed by atoms with Crippen LogP contribution in [0.15, 0.2) is 158 Å². The molecular weight excluding hydrogens is 1170 g/mol. The van der Waals surface area contributed by atoms with Gasteiger partial charge in [-0.2, -0.15) is 6.07 Å². The minimum Gasteiger partial charge on any atom is -0.509 e. The molecule has 0 N–H and O–H groups in total. The molecule has 0 unspecified atom stereocenters. The fourth-order valence-corrected chi connectivity index (χ4v) is 11.1. The van der Waals surface area contributed by atoms with E-state index in [4.69, 9.17) is 9.72 Å². The Morgan fingerprint density at radius 3 is 1.79 bits per heavy atom. The summed E-state index contributed by atoms with van der Waals surface area (Å²) in [5.41, 5.74) is 16.9. The third-order valence-corrected chi connectivity index (χ3v) is 15.5. The molecular formula is C72H68F2N4OPt+2. The molecule has 3 heterocycles. The van der Waals surface area contributed by atoms with Gasteiger partial charge in [-0.15, -0.1) is 29.1 Å². The largest absolute Gasteiger partial charge is 2.00 e. The summed E-state index contributed by atoms with van der Waals surface area (Å²) in [6, 6.07) is 62.2. The van der Waals surface area contributed by atoms with Crippen LogP contribution in [0, 0.1) is 23.8 Å². The van der Waals surface area contributed by atoms with Crippen molar-refractivity contribution in [3.05, 3.63) is 215 Å². The van der Waals surface area contributed by atoms with Crippen molar-refractivity contribution in [3.8, 4) is 50.7 Å². The molecule has 0 saturated carbocycles. The van der Waals surface area contributed by atoms with Crippen molar-refractivity contribution in [1.29, 1.82) is 0 Å². The second-order valence-corrected chi connectivity index (χ2v) is 23.8. The first-order valence-electron chi connectivity index (χ1n) is 27.8. The molecule has 0 spiro atoms. The third kappa shape index (κ3) is 10.5. The molecule has 0 fully saturated rings. The molecule has 0 radical (unpaired) electrons. The summed E-state index contributed by atoms with van der Waals surface area (Å²) >= 11 is 0. The number of fused-ring (bicyclic) bond motifs is 4. The molecule has 0 bridgehead atoms. The maximum atomic E-state index is 15.6. The van der Waals surface area contributed by atoms with Gasteiger partial charge in [0.2, 0.25) is 5.69 Å². The molecule has 0 atom stereocenters. The quantitative estimate of drug-likeness (QED) is 0.0902. The number of aromatic nitrogens is 2. The van der Waals surface area contributed by atoms with E-state index < -0.39 is 11.6 Å². The number of para-hydroxylation sites is 3. The van der Waals surface area contributed by atoms with Gasteiger partial charge in [0.25, 0.3) is 11.4 Å². The SMILES string of the molecule is CCc1cccc(CC)c1-c1cc(Oc2[c-]c3c(cc2)c2ccccc2n3-c2cc(C(C)(C)C)ccn2)[c-]c([N+]2=C=[N+](c3c(-c4cc(F)cc(F)c4)cc(C(C)(C)C)cc3-c3cc(C(C)C)cc(C(C)C)c3)c3ccccc32)c1.[Pt+2]. The van der Waals surface area contributed by atoms with Gasteiger partial charge in [-0.25, -0.2) is 13.8 Å². The van der Waals surface area contributed by atoms with Gasteiger partial charge in [0.1, 0.15) is 23.1 Å². The van der Waals surface area contributed by atoms with E-state index in [1.807, 2.05) is 29.0 Å². The van der Waals surface area contributed by atoms with Crippen molar-refractivity contribution in [2.45, 2.75) is 119 Å².